The summed E-state index contributed by atoms with van der Waals surface area (Å²) in [5.41, 5.74) is 25.2. The van der Waals surface area contributed by atoms with E-state index in [9.17, 15) is 0 Å². The van der Waals surface area contributed by atoms with Crippen LogP contribution in [0, 0.1) is 6.92 Å². The Hall–Kier alpha value is -5.06. The average Bonchev–Trinajstić information content (AvgIpc) is 3.80. The van der Waals surface area contributed by atoms with Crippen LogP contribution in [-0.2, 0) is 33.5 Å². The maximum Gasteiger partial charge on any atom is 0.264 e. The molecule has 2 aliphatic heterocycles. The predicted molar refractivity (Wildman–Crippen MR) is 280 cm³/mol. The second-order valence-corrected chi connectivity index (χ2v) is 25.3. The number of hydrogen-bond donors (Lipinski definition) is 0. The number of fused-ring (bicyclic) bond motifs is 10. The Kier molecular flexibility index (Phi) is 8.79. The summed E-state index contributed by atoms with van der Waals surface area (Å²) in [5, 5.41) is 1.36. The molecular weight excluding hydrogens is 792 g/mol. The number of hydrogen-bond acceptors (Lipinski definition) is 3. The van der Waals surface area contributed by atoms with Crippen molar-refractivity contribution in [3.63, 3.8) is 0 Å². The van der Waals surface area contributed by atoms with Crippen molar-refractivity contribution in [2.45, 2.75) is 143 Å². The lowest BCUT2D eigenvalue weighted by Gasteiger charge is -2.47. The van der Waals surface area contributed by atoms with Gasteiger partial charge >= 0.3 is 0 Å². The van der Waals surface area contributed by atoms with Gasteiger partial charge < -0.3 is 9.80 Å². The molecular formula is C60H65BN2S. The molecule has 6 aromatic carbocycles. The van der Waals surface area contributed by atoms with E-state index in [0.29, 0.717) is 0 Å². The number of thiophene rings is 1. The summed E-state index contributed by atoms with van der Waals surface area (Å²) in [7, 11) is 0. The molecule has 0 spiro atoms. The van der Waals surface area contributed by atoms with E-state index in [2.05, 4.69) is 210 Å². The lowest BCUT2D eigenvalue weighted by molar-refractivity contribution is 0.332. The van der Waals surface area contributed by atoms with Crippen molar-refractivity contribution in [3.05, 3.63) is 148 Å². The summed E-state index contributed by atoms with van der Waals surface area (Å²) in [5.74, 6) is 0. The number of nitrogens with zero attached hydrogens (tertiary/aromatic N) is 2. The van der Waals surface area contributed by atoms with E-state index in [4.69, 9.17) is 0 Å². The lowest BCUT2D eigenvalue weighted by Crippen LogP contribution is -2.61. The van der Waals surface area contributed by atoms with Crippen molar-refractivity contribution in [3.8, 4) is 11.1 Å². The smallest absolute Gasteiger partial charge is 0.264 e. The first kappa shape index (κ1) is 41.6. The summed E-state index contributed by atoms with van der Waals surface area (Å²) in [6.45, 7) is 33.5. The van der Waals surface area contributed by atoms with Crippen molar-refractivity contribution in [1.29, 1.82) is 0 Å². The van der Waals surface area contributed by atoms with Gasteiger partial charge in [-0.25, -0.2) is 0 Å². The SMILES string of the molecule is Cc1cc2c3c(c1)N(c1ccc(C(C)(C)C)cc1)c1c(sc4ccc(C(C)(C)C)cc14)B3c1cc3c(cc1N2c1cccc2c1Cc1c-2cccc1C(C)(C)C)C(C)(C)CCC3(C)C. The summed E-state index contributed by atoms with van der Waals surface area (Å²) in [4.78, 5) is 5.39. The summed E-state index contributed by atoms with van der Waals surface area (Å²) >= 11 is 2.02. The van der Waals surface area contributed by atoms with Gasteiger partial charge in [0.15, 0.2) is 0 Å². The van der Waals surface area contributed by atoms with Crippen LogP contribution < -0.4 is 25.5 Å². The fourth-order valence-electron chi connectivity index (χ4n) is 11.9. The van der Waals surface area contributed by atoms with Crippen LogP contribution in [0.5, 0.6) is 0 Å². The van der Waals surface area contributed by atoms with Crippen LogP contribution in [0.3, 0.4) is 0 Å². The van der Waals surface area contributed by atoms with Gasteiger partial charge in [0.05, 0.1) is 11.4 Å². The van der Waals surface area contributed by atoms with Gasteiger partial charge in [0.1, 0.15) is 0 Å². The highest BCUT2D eigenvalue weighted by Crippen LogP contribution is 2.54. The van der Waals surface area contributed by atoms with E-state index in [1.54, 1.807) is 0 Å². The largest absolute Gasteiger partial charge is 0.311 e. The maximum atomic E-state index is 2.73. The molecule has 2 aliphatic carbocycles. The molecule has 1 aromatic heterocycles. The molecule has 0 fully saturated rings. The molecule has 4 heteroatoms. The van der Waals surface area contributed by atoms with Gasteiger partial charge in [-0.2, -0.15) is 0 Å². The quantitative estimate of drug-likeness (QED) is 0.160. The molecule has 0 amide bonds. The molecule has 11 rings (SSSR count). The number of aryl methyl sites for hydroxylation is 1. The molecule has 324 valence electrons. The van der Waals surface area contributed by atoms with Crippen LogP contribution in [0.15, 0.2) is 103 Å². The molecule has 0 bridgehead atoms. The predicted octanol–water partition coefficient (Wildman–Crippen LogP) is 15.1. The number of benzene rings is 6. The third-order valence-corrected chi connectivity index (χ3v) is 16.9. The fourth-order valence-corrected chi connectivity index (χ4v) is 13.2. The first-order chi connectivity index (χ1) is 30.0. The summed E-state index contributed by atoms with van der Waals surface area (Å²) < 4.78 is 2.81. The molecule has 0 radical (unpaired) electrons. The van der Waals surface area contributed by atoms with Crippen LogP contribution in [0.2, 0.25) is 0 Å². The standard InChI is InChI=1S/C60H65BN2S/c1-35-29-50-53-51(30-35)63(48-20-16-18-40-39-17-15-19-44(58(8,9)10)41(39)32-42(40)48)49-34-46-45(59(11,12)27-28-60(46,13)14)33-47(49)61(53)55-54(43-31-37(57(5,6)7)23-26-52(43)64-55)62(50)38-24-21-36(22-25-38)56(2,3)4/h15-26,29-31,33-34H,27-28,32H2,1-14H3. The minimum absolute atomic E-state index is 0.0250. The van der Waals surface area contributed by atoms with Crippen molar-refractivity contribution in [1.82, 2.24) is 0 Å². The van der Waals surface area contributed by atoms with E-state index in [1.807, 2.05) is 11.3 Å². The Morgan fingerprint density at radius 1 is 0.562 bits per heavy atom. The highest BCUT2D eigenvalue weighted by molar-refractivity contribution is 7.33. The minimum atomic E-state index is 0.0250. The third kappa shape index (κ3) is 6.10. The summed E-state index contributed by atoms with van der Waals surface area (Å²) in [6.07, 6.45) is 3.30. The normalized spacial score (nSPS) is 16.9. The van der Waals surface area contributed by atoms with Gasteiger partial charge in [-0.05, 0) is 162 Å². The Bertz CT molecular complexity index is 3100. The van der Waals surface area contributed by atoms with Crippen molar-refractivity contribution >= 4 is 78.0 Å². The van der Waals surface area contributed by atoms with Crippen molar-refractivity contribution in [2.75, 3.05) is 9.80 Å². The van der Waals surface area contributed by atoms with E-state index in [-0.39, 0.29) is 33.8 Å². The molecule has 2 nitrogen and oxygen atoms in total. The van der Waals surface area contributed by atoms with Gasteiger partial charge in [0.25, 0.3) is 6.71 Å². The van der Waals surface area contributed by atoms with E-state index < -0.39 is 0 Å². The van der Waals surface area contributed by atoms with Gasteiger partial charge in [0, 0.05) is 44.0 Å². The second-order valence-electron chi connectivity index (χ2n) is 24.2. The maximum absolute atomic E-state index is 2.73. The molecule has 64 heavy (non-hydrogen) atoms. The molecule has 0 saturated carbocycles. The average molecular weight is 857 g/mol. The minimum Gasteiger partial charge on any atom is -0.311 e. The Morgan fingerprint density at radius 3 is 1.80 bits per heavy atom. The van der Waals surface area contributed by atoms with E-state index in [1.165, 1.54) is 128 Å². The number of rotatable bonds is 2. The monoisotopic (exact) mass is 856 g/mol. The van der Waals surface area contributed by atoms with Gasteiger partial charge in [-0.15, -0.1) is 11.3 Å². The Balaban J connectivity index is 1.25. The number of anilines is 6. The van der Waals surface area contributed by atoms with Crippen LogP contribution in [0.25, 0.3) is 21.2 Å². The molecule has 4 aliphatic rings. The molecule has 0 unspecified atom stereocenters. The Morgan fingerprint density at radius 2 is 1.16 bits per heavy atom. The molecule has 0 atom stereocenters. The summed E-state index contributed by atoms with van der Waals surface area (Å²) in [6, 6.07) is 41.4. The van der Waals surface area contributed by atoms with Gasteiger partial charge in [-0.1, -0.05) is 145 Å². The zero-order valence-electron chi connectivity index (χ0n) is 40.8. The fraction of sp³-hybridized carbons (Fsp3) is 0.367. The second kappa shape index (κ2) is 13.5. The lowest BCUT2D eigenvalue weighted by atomic mass is 9.35. The van der Waals surface area contributed by atoms with E-state index in [0.717, 1.165) is 6.42 Å². The molecule has 0 saturated heterocycles. The molecule has 7 aromatic rings. The highest BCUT2D eigenvalue weighted by Gasteiger charge is 2.48. The van der Waals surface area contributed by atoms with E-state index >= 15 is 0 Å². The van der Waals surface area contributed by atoms with Crippen LogP contribution >= 0.6 is 11.3 Å². The Labute approximate surface area is 387 Å². The van der Waals surface area contributed by atoms with Gasteiger partial charge in [0.2, 0.25) is 0 Å². The first-order valence-electron chi connectivity index (χ1n) is 23.9. The van der Waals surface area contributed by atoms with Crippen molar-refractivity contribution in [2.24, 2.45) is 0 Å². The zero-order valence-corrected chi connectivity index (χ0v) is 41.6. The van der Waals surface area contributed by atoms with Crippen LogP contribution in [-0.4, -0.2) is 6.71 Å². The third-order valence-electron chi connectivity index (χ3n) is 15.7. The highest BCUT2D eigenvalue weighted by atomic mass is 32.1. The zero-order chi connectivity index (χ0) is 45.2. The van der Waals surface area contributed by atoms with Crippen LogP contribution in [0.4, 0.5) is 34.1 Å². The van der Waals surface area contributed by atoms with Crippen molar-refractivity contribution < 1.29 is 0 Å². The molecule has 3 heterocycles. The molecule has 0 N–H and O–H groups in total. The van der Waals surface area contributed by atoms with Crippen LogP contribution in [0.1, 0.15) is 147 Å². The first-order valence-corrected chi connectivity index (χ1v) is 24.7. The topological polar surface area (TPSA) is 6.48 Å². The van der Waals surface area contributed by atoms with Gasteiger partial charge in [-0.3, -0.25) is 0 Å².